The second-order valence-corrected chi connectivity index (χ2v) is 4.87. The highest BCUT2D eigenvalue weighted by Gasteiger charge is 2.30. The highest BCUT2D eigenvalue weighted by molar-refractivity contribution is 5.93. The minimum Gasteiger partial charge on any atom is -0.332 e. The highest BCUT2D eigenvalue weighted by Crippen LogP contribution is 2.24. The van der Waals surface area contributed by atoms with Gasteiger partial charge in [0, 0.05) is 24.8 Å². The summed E-state index contributed by atoms with van der Waals surface area (Å²) in [5.74, 6) is 0.129. The van der Waals surface area contributed by atoms with Crippen molar-refractivity contribution >= 4 is 5.91 Å². The molecule has 0 N–H and O–H groups in total. The van der Waals surface area contributed by atoms with Gasteiger partial charge in [-0.1, -0.05) is 0 Å². The summed E-state index contributed by atoms with van der Waals surface area (Å²) < 4.78 is 1.77. The first kappa shape index (κ1) is 12.1. The van der Waals surface area contributed by atoms with E-state index in [0.717, 1.165) is 19.4 Å². The number of aromatic nitrogens is 2. The summed E-state index contributed by atoms with van der Waals surface area (Å²) in [5.41, 5.74) is 0.716. The summed E-state index contributed by atoms with van der Waals surface area (Å²) in [7, 11) is 0. The van der Waals surface area contributed by atoms with E-state index in [2.05, 4.69) is 18.9 Å². The molecule has 4 heteroatoms. The Morgan fingerprint density at radius 3 is 2.65 bits per heavy atom. The van der Waals surface area contributed by atoms with E-state index >= 15 is 0 Å². The van der Waals surface area contributed by atoms with Crippen molar-refractivity contribution in [2.75, 3.05) is 0 Å². The molecule has 1 amide bonds. The maximum atomic E-state index is 12.5. The summed E-state index contributed by atoms with van der Waals surface area (Å²) >= 11 is 0. The van der Waals surface area contributed by atoms with Crippen molar-refractivity contribution < 1.29 is 4.79 Å². The Kier molecular flexibility index (Phi) is 3.50. The number of amides is 1. The molecule has 0 spiro atoms. The lowest BCUT2D eigenvalue weighted by Crippen LogP contribution is -2.48. The lowest BCUT2D eigenvalue weighted by molar-refractivity contribution is 0.0498. The summed E-state index contributed by atoms with van der Waals surface area (Å²) in [6.45, 7) is 7.03. The zero-order chi connectivity index (χ0) is 12.4. The van der Waals surface area contributed by atoms with Gasteiger partial charge in [0.15, 0.2) is 0 Å². The van der Waals surface area contributed by atoms with Gasteiger partial charge < -0.3 is 4.90 Å². The Morgan fingerprint density at radius 1 is 1.41 bits per heavy atom. The molecule has 1 aliphatic rings. The first-order valence-corrected chi connectivity index (χ1v) is 6.49. The van der Waals surface area contributed by atoms with Crippen LogP contribution >= 0.6 is 0 Å². The molecule has 0 saturated carbocycles. The molecule has 1 saturated heterocycles. The van der Waals surface area contributed by atoms with Gasteiger partial charge in [0.2, 0.25) is 0 Å². The van der Waals surface area contributed by atoms with Gasteiger partial charge in [-0.15, -0.1) is 0 Å². The molecule has 0 aromatic carbocycles. The first-order chi connectivity index (χ1) is 8.15. The second-order valence-electron chi connectivity index (χ2n) is 4.87. The van der Waals surface area contributed by atoms with E-state index in [1.54, 1.807) is 10.9 Å². The van der Waals surface area contributed by atoms with Crippen molar-refractivity contribution in [3.8, 4) is 0 Å². The molecule has 94 valence electrons. The minimum absolute atomic E-state index is 0.129. The van der Waals surface area contributed by atoms with E-state index < -0.39 is 0 Å². The summed E-state index contributed by atoms with van der Waals surface area (Å²) in [6.07, 6.45) is 5.14. The lowest BCUT2D eigenvalue weighted by atomic mass is 9.97. The van der Waals surface area contributed by atoms with Crippen LogP contribution in [0.25, 0.3) is 0 Å². The molecule has 4 nitrogen and oxygen atoms in total. The van der Waals surface area contributed by atoms with Crippen LogP contribution in [0.1, 0.15) is 50.5 Å². The van der Waals surface area contributed by atoms with E-state index in [1.165, 1.54) is 6.42 Å². The SMILES string of the molecule is CCn1nccc1C(=O)N1[C@H](C)CCC[C@H]1C. The quantitative estimate of drug-likeness (QED) is 0.789. The van der Waals surface area contributed by atoms with Gasteiger partial charge in [0.1, 0.15) is 5.69 Å². The molecule has 17 heavy (non-hydrogen) atoms. The van der Waals surface area contributed by atoms with E-state index in [-0.39, 0.29) is 5.91 Å². The monoisotopic (exact) mass is 235 g/mol. The topological polar surface area (TPSA) is 38.1 Å². The van der Waals surface area contributed by atoms with Crippen molar-refractivity contribution in [2.24, 2.45) is 0 Å². The molecule has 2 heterocycles. The molecule has 2 rings (SSSR count). The fourth-order valence-electron chi connectivity index (χ4n) is 2.72. The standard InChI is InChI=1S/C13H21N3O/c1-4-15-12(8-9-14-15)13(17)16-10(2)6-5-7-11(16)3/h8-11H,4-7H2,1-3H3/t10-,11-/m1/s1. The smallest absolute Gasteiger partial charge is 0.272 e. The Morgan fingerprint density at radius 2 is 2.06 bits per heavy atom. The average Bonchev–Trinajstić information content (AvgIpc) is 2.76. The molecule has 0 bridgehead atoms. The van der Waals surface area contributed by atoms with Gasteiger partial charge in [-0.2, -0.15) is 5.10 Å². The van der Waals surface area contributed by atoms with Crippen LogP contribution in [0.2, 0.25) is 0 Å². The van der Waals surface area contributed by atoms with Gasteiger partial charge in [0.05, 0.1) is 0 Å². The van der Waals surface area contributed by atoms with E-state index in [4.69, 9.17) is 0 Å². The fraction of sp³-hybridized carbons (Fsp3) is 0.692. The van der Waals surface area contributed by atoms with Crippen LogP contribution in [0, 0.1) is 0 Å². The molecule has 1 aliphatic heterocycles. The number of carbonyl (C=O) groups is 1. The highest BCUT2D eigenvalue weighted by atomic mass is 16.2. The van der Waals surface area contributed by atoms with Gasteiger partial charge >= 0.3 is 0 Å². The minimum atomic E-state index is 0.129. The lowest BCUT2D eigenvalue weighted by Gasteiger charge is -2.39. The average molecular weight is 235 g/mol. The van der Waals surface area contributed by atoms with E-state index in [1.807, 2.05) is 17.9 Å². The molecule has 0 unspecified atom stereocenters. The Bertz CT molecular complexity index is 389. The van der Waals surface area contributed by atoms with Crippen LogP contribution in [0.3, 0.4) is 0 Å². The number of hydrogen-bond acceptors (Lipinski definition) is 2. The molecule has 0 radical (unpaired) electrons. The molecule has 1 fully saturated rings. The molecule has 1 aromatic rings. The summed E-state index contributed by atoms with van der Waals surface area (Å²) in [5, 5.41) is 4.17. The van der Waals surface area contributed by atoms with Crippen LogP contribution in [0.15, 0.2) is 12.3 Å². The van der Waals surface area contributed by atoms with Gasteiger partial charge in [-0.3, -0.25) is 9.48 Å². The van der Waals surface area contributed by atoms with Crippen molar-refractivity contribution in [3.63, 3.8) is 0 Å². The van der Waals surface area contributed by atoms with Gasteiger partial charge in [-0.05, 0) is 46.1 Å². The number of rotatable bonds is 2. The maximum Gasteiger partial charge on any atom is 0.272 e. The largest absolute Gasteiger partial charge is 0.332 e. The second kappa shape index (κ2) is 4.90. The number of aryl methyl sites for hydroxylation is 1. The molecule has 1 aromatic heterocycles. The number of hydrogen-bond donors (Lipinski definition) is 0. The molecular weight excluding hydrogens is 214 g/mol. The van der Waals surface area contributed by atoms with Gasteiger partial charge in [-0.25, -0.2) is 0 Å². The van der Waals surface area contributed by atoms with Crippen LogP contribution in [0.4, 0.5) is 0 Å². The third-order valence-electron chi connectivity index (χ3n) is 3.66. The molecule has 0 aliphatic carbocycles. The van der Waals surface area contributed by atoms with Crippen LogP contribution in [-0.4, -0.2) is 32.7 Å². The zero-order valence-electron chi connectivity index (χ0n) is 10.9. The van der Waals surface area contributed by atoms with Crippen molar-refractivity contribution in [1.82, 2.24) is 14.7 Å². The van der Waals surface area contributed by atoms with Crippen molar-refractivity contribution in [2.45, 2.75) is 58.7 Å². The van der Waals surface area contributed by atoms with E-state index in [0.29, 0.717) is 17.8 Å². The molecular formula is C13H21N3O. The predicted molar refractivity (Wildman–Crippen MR) is 66.8 cm³/mol. The first-order valence-electron chi connectivity index (χ1n) is 6.49. The Hall–Kier alpha value is -1.32. The van der Waals surface area contributed by atoms with Crippen LogP contribution in [-0.2, 0) is 6.54 Å². The number of likely N-dealkylation sites (tertiary alicyclic amines) is 1. The Labute approximate surface area is 103 Å². The number of piperidine rings is 1. The third kappa shape index (κ3) is 2.21. The molecule has 2 atom stereocenters. The van der Waals surface area contributed by atoms with Crippen LogP contribution < -0.4 is 0 Å². The van der Waals surface area contributed by atoms with E-state index in [9.17, 15) is 4.79 Å². The zero-order valence-corrected chi connectivity index (χ0v) is 10.9. The fourth-order valence-corrected chi connectivity index (χ4v) is 2.72. The predicted octanol–water partition coefficient (Wildman–Crippen LogP) is 2.31. The van der Waals surface area contributed by atoms with Crippen molar-refractivity contribution in [1.29, 1.82) is 0 Å². The maximum absolute atomic E-state index is 12.5. The van der Waals surface area contributed by atoms with Gasteiger partial charge in [0.25, 0.3) is 5.91 Å². The Balaban J connectivity index is 2.24. The van der Waals surface area contributed by atoms with Crippen molar-refractivity contribution in [3.05, 3.63) is 18.0 Å². The normalized spacial score (nSPS) is 25.0. The summed E-state index contributed by atoms with van der Waals surface area (Å²) in [4.78, 5) is 14.5. The summed E-state index contributed by atoms with van der Waals surface area (Å²) in [6, 6.07) is 2.50. The van der Waals surface area contributed by atoms with Crippen LogP contribution in [0.5, 0.6) is 0 Å². The third-order valence-corrected chi connectivity index (χ3v) is 3.66. The number of nitrogens with zero attached hydrogens (tertiary/aromatic N) is 3. The number of carbonyl (C=O) groups excluding carboxylic acids is 1.